The lowest BCUT2D eigenvalue weighted by molar-refractivity contribution is 1.48. The number of hydrogen-bond donors (Lipinski definition) is 1. The maximum atomic E-state index is 5.87. The molecule has 0 fully saturated rings. The van der Waals surface area contributed by atoms with E-state index in [2.05, 4.69) is 4.98 Å². The molecule has 2 nitrogen and oxygen atoms in total. The van der Waals surface area contributed by atoms with Gasteiger partial charge >= 0.3 is 0 Å². The van der Waals surface area contributed by atoms with Gasteiger partial charge in [0.15, 0.2) is 0 Å². The van der Waals surface area contributed by atoms with Gasteiger partial charge in [-0.25, -0.2) is 4.98 Å². The van der Waals surface area contributed by atoms with Crippen molar-refractivity contribution in [3.05, 3.63) is 47.5 Å². The molecular weight excluding hydrogens is 252 g/mol. The van der Waals surface area contributed by atoms with Gasteiger partial charge in [-0.15, -0.1) is 11.3 Å². The van der Waals surface area contributed by atoms with E-state index in [1.165, 1.54) is 0 Å². The van der Waals surface area contributed by atoms with Crippen LogP contribution in [0.4, 0.5) is 5.69 Å². The molecular formula is C13H9ClN2S. The molecule has 0 spiro atoms. The number of thiazole rings is 1. The first-order chi connectivity index (χ1) is 8.22. The highest BCUT2D eigenvalue weighted by atomic mass is 35.5. The molecule has 0 saturated carbocycles. The van der Waals surface area contributed by atoms with Crippen molar-refractivity contribution in [1.82, 2.24) is 4.98 Å². The monoisotopic (exact) mass is 260 g/mol. The second-order valence-electron chi connectivity index (χ2n) is 3.75. The molecule has 0 amide bonds. The van der Waals surface area contributed by atoms with Crippen LogP contribution >= 0.6 is 22.9 Å². The van der Waals surface area contributed by atoms with Gasteiger partial charge < -0.3 is 5.73 Å². The van der Waals surface area contributed by atoms with Gasteiger partial charge in [-0.2, -0.15) is 0 Å². The fraction of sp³-hybridized carbons (Fsp3) is 0. The molecule has 1 aromatic heterocycles. The molecule has 4 heteroatoms. The first-order valence-corrected chi connectivity index (χ1v) is 6.34. The molecule has 0 aliphatic heterocycles. The number of halogens is 1. The van der Waals surface area contributed by atoms with E-state index >= 15 is 0 Å². The molecule has 2 N–H and O–H groups in total. The number of nitrogens with zero attached hydrogens (tertiary/aromatic N) is 1. The minimum absolute atomic E-state index is 0.735. The van der Waals surface area contributed by atoms with E-state index in [0.717, 1.165) is 31.5 Å². The Kier molecular flexibility index (Phi) is 2.50. The number of rotatable bonds is 1. The number of benzene rings is 2. The smallest absolute Gasteiger partial charge is 0.124 e. The fourth-order valence-corrected chi connectivity index (χ4v) is 2.74. The van der Waals surface area contributed by atoms with Crippen LogP contribution in [0.5, 0.6) is 0 Å². The van der Waals surface area contributed by atoms with Gasteiger partial charge in [0.25, 0.3) is 0 Å². The number of anilines is 1. The molecule has 3 aromatic rings. The Hall–Kier alpha value is -1.58. The summed E-state index contributed by atoms with van der Waals surface area (Å²) in [7, 11) is 0. The summed E-state index contributed by atoms with van der Waals surface area (Å²) in [5.41, 5.74) is 8.50. The standard InChI is InChI=1S/C13H9ClN2S/c14-9-3-1-8(2-4-9)13-16-11-7-10(15)5-6-12(11)17-13/h1-7H,15H2. The average Bonchev–Trinajstić information content (AvgIpc) is 2.72. The van der Waals surface area contributed by atoms with Crippen LogP contribution in [-0.4, -0.2) is 4.98 Å². The van der Waals surface area contributed by atoms with Crippen LogP contribution in [0, 0.1) is 0 Å². The van der Waals surface area contributed by atoms with Gasteiger partial charge in [0.05, 0.1) is 10.2 Å². The number of nitrogen functional groups attached to an aromatic ring is 1. The van der Waals surface area contributed by atoms with E-state index in [1.807, 2.05) is 42.5 Å². The molecule has 17 heavy (non-hydrogen) atoms. The second kappa shape index (κ2) is 4.02. The van der Waals surface area contributed by atoms with Crippen molar-refractivity contribution in [3.8, 4) is 10.6 Å². The van der Waals surface area contributed by atoms with Crippen LogP contribution in [-0.2, 0) is 0 Å². The highest BCUT2D eigenvalue weighted by Crippen LogP contribution is 2.31. The van der Waals surface area contributed by atoms with Crippen LogP contribution < -0.4 is 5.73 Å². The Balaban J connectivity index is 2.14. The highest BCUT2D eigenvalue weighted by molar-refractivity contribution is 7.21. The summed E-state index contributed by atoms with van der Waals surface area (Å²) in [6.45, 7) is 0. The van der Waals surface area contributed by atoms with Crippen molar-refractivity contribution in [2.45, 2.75) is 0 Å². The zero-order valence-electron chi connectivity index (χ0n) is 8.85. The second-order valence-corrected chi connectivity index (χ2v) is 5.22. The zero-order valence-corrected chi connectivity index (χ0v) is 10.4. The lowest BCUT2D eigenvalue weighted by Crippen LogP contribution is -1.82. The normalized spacial score (nSPS) is 10.9. The molecule has 0 radical (unpaired) electrons. The van der Waals surface area contributed by atoms with E-state index in [1.54, 1.807) is 11.3 Å². The maximum absolute atomic E-state index is 5.87. The molecule has 3 rings (SSSR count). The number of hydrogen-bond acceptors (Lipinski definition) is 3. The first-order valence-electron chi connectivity index (χ1n) is 5.14. The summed E-state index contributed by atoms with van der Waals surface area (Å²) in [5, 5.41) is 1.72. The minimum Gasteiger partial charge on any atom is -0.399 e. The summed E-state index contributed by atoms with van der Waals surface area (Å²) in [6.07, 6.45) is 0. The van der Waals surface area contributed by atoms with Crippen molar-refractivity contribution in [3.63, 3.8) is 0 Å². The molecule has 84 valence electrons. The molecule has 0 saturated heterocycles. The Morgan fingerprint density at radius 3 is 2.59 bits per heavy atom. The number of fused-ring (bicyclic) bond motifs is 1. The van der Waals surface area contributed by atoms with E-state index in [9.17, 15) is 0 Å². The van der Waals surface area contributed by atoms with Gasteiger partial charge in [-0.05, 0) is 30.3 Å². The summed E-state index contributed by atoms with van der Waals surface area (Å²) in [6, 6.07) is 13.5. The van der Waals surface area contributed by atoms with Crippen molar-refractivity contribution in [2.24, 2.45) is 0 Å². The topological polar surface area (TPSA) is 38.9 Å². The average molecular weight is 261 g/mol. The zero-order chi connectivity index (χ0) is 11.8. The Morgan fingerprint density at radius 1 is 1.06 bits per heavy atom. The SMILES string of the molecule is Nc1ccc2sc(-c3ccc(Cl)cc3)nc2c1. The van der Waals surface area contributed by atoms with Crippen LogP contribution in [0.1, 0.15) is 0 Å². The van der Waals surface area contributed by atoms with E-state index in [0.29, 0.717) is 0 Å². The van der Waals surface area contributed by atoms with Crippen LogP contribution in [0.3, 0.4) is 0 Å². The Morgan fingerprint density at radius 2 is 1.82 bits per heavy atom. The molecule has 2 aromatic carbocycles. The summed E-state index contributed by atoms with van der Waals surface area (Å²) >= 11 is 7.52. The van der Waals surface area contributed by atoms with Crippen LogP contribution in [0.2, 0.25) is 5.02 Å². The van der Waals surface area contributed by atoms with Crippen LogP contribution in [0.25, 0.3) is 20.8 Å². The third kappa shape index (κ3) is 1.99. The first kappa shape index (κ1) is 10.6. The summed E-state index contributed by atoms with van der Waals surface area (Å²) in [5.74, 6) is 0. The third-order valence-corrected chi connectivity index (χ3v) is 3.84. The number of aromatic nitrogens is 1. The molecule has 0 aliphatic carbocycles. The fourth-order valence-electron chi connectivity index (χ4n) is 1.66. The molecule has 1 heterocycles. The van der Waals surface area contributed by atoms with E-state index in [4.69, 9.17) is 17.3 Å². The van der Waals surface area contributed by atoms with E-state index in [-0.39, 0.29) is 0 Å². The van der Waals surface area contributed by atoms with Gasteiger partial charge in [0.2, 0.25) is 0 Å². The number of nitrogens with two attached hydrogens (primary N) is 1. The van der Waals surface area contributed by atoms with Crippen molar-refractivity contribution in [2.75, 3.05) is 5.73 Å². The van der Waals surface area contributed by atoms with Crippen LogP contribution in [0.15, 0.2) is 42.5 Å². The summed E-state index contributed by atoms with van der Waals surface area (Å²) < 4.78 is 1.14. The summed E-state index contributed by atoms with van der Waals surface area (Å²) in [4.78, 5) is 4.57. The lowest BCUT2D eigenvalue weighted by atomic mass is 10.2. The Labute approximate surface area is 108 Å². The van der Waals surface area contributed by atoms with Gasteiger partial charge in [-0.1, -0.05) is 23.7 Å². The van der Waals surface area contributed by atoms with Crippen molar-refractivity contribution < 1.29 is 0 Å². The van der Waals surface area contributed by atoms with Gasteiger partial charge in [-0.3, -0.25) is 0 Å². The third-order valence-electron chi connectivity index (χ3n) is 2.50. The molecule has 0 aliphatic rings. The lowest BCUT2D eigenvalue weighted by Gasteiger charge is -1.94. The highest BCUT2D eigenvalue weighted by Gasteiger charge is 2.06. The van der Waals surface area contributed by atoms with Gasteiger partial charge in [0.1, 0.15) is 5.01 Å². The minimum atomic E-state index is 0.735. The molecule has 0 bridgehead atoms. The maximum Gasteiger partial charge on any atom is 0.124 e. The molecule has 0 unspecified atom stereocenters. The van der Waals surface area contributed by atoms with Crippen molar-refractivity contribution >= 4 is 38.8 Å². The molecule has 0 atom stereocenters. The largest absolute Gasteiger partial charge is 0.399 e. The van der Waals surface area contributed by atoms with Gasteiger partial charge in [0, 0.05) is 16.3 Å². The quantitative estimate of drug-likeness (QED) is 0.666. The van der Waals surface area contributed by atoms with E-state index < -0.39 is 0 Å². The van der Waals surface area contributed by atoms with Crippen molar-refractivity contribution in [1.29, 1.82) is 0 Å². The predicted molar refractivity (Wildman–Crippen MR) is 74.5 cm³/mol. The Bertz CT molecular complexity index is 673. The predicted octanol–water partition coefficient (Wildman–Crippen LogP) is 4.20.